The molecule has 1 aromatic rings. The van der Waals surface area contributed by atoms with Crippen LogP contribution in [-0.4, -0.2) is 131 Å². The molecule has 0 radical (unpaired) electrons. The minimum Gasteiger partial charge on any atom is -0.508 e. The highest BCUT2D eigenvalue weighted by Gasteiger charge is 2.33. The molecule has 0 spiro atoms. The first-order valence-corrected chi connectivity index (χ1v) is 19.5. The lowest BCUT2D eigenvalue weighted by Crippen LogP contribution is -2.60. The minimum absolute atomic E-state index is 0.00963. The topological polar surface area (TPSA) is 360 Å². The Morgan fingerprint density at radius 3 is 1.42 bits per heavy atom. The zero-order valence-electron chi connectivity index (χ0n) is 34.6. The van der Waals surface area contributed by atoms with Crippen LogP contribution in [0.25, 0.3) is 0 Å². The molecule has 21 heteroatoms. The van der Waals surface area contributed by atoms with Crippen LogP contribution in [0, 0.1) is 11.8 Å². The molecule has 1 rings (SSSR count). The summed E-state index contributed by atoms with van der Waals surface area (Å²) in [6.07, 6.45) is 0.456. The summed E-state index contributed by atoms with van der Waals surface area (Å²) in [4.78, 5) is 104. The van der Waals surface area contributed by atoms with Crippen molar-refractivity contribution in [1.82, 2.24) is 37.2 Å². The Labute approximate surface area is 344 Å². The van der Waals surface area contributed by atoms with Crippen molar-refractivity contribution < 1.29 is 53.7 Å². The molecule has 0 bridgehead atoms. The maximum Gasteiger partial charge on any atom is 0.245 e. The average Bonchev–Trinajstić information content (AvgIpc) is 3.16. The minimum atomic E-state index is -1.62. The molecule has 0 heterocycles. The Morgan fingerprint density at radius 2 is 0.966 bits per heavy atom. The van der Waals surface area contributed by atoms with Gasteiger partial charge in [-0.05, 0) is 75.6 Å². The molecule has 0 aliphatic carbocycles. The number of benzene rings is 1. The van der Waals surface area contributed by atoms with Crippen LogP contribution in [0.2, 0.25) is 0 Å². The lowest BCUT2D eigenvalue weighted by molar-refractivity contribution is -0.136. The predicted molar refractivity (Wildman–Crippen MR) is 215 cm³/mol. The number of carbonyl (C=O) groups is 8. The molecule has 0 fully saturated rings. The third-order valence-electron chi connectivity index (χ3n) is 8.84. The molecule has 8 amide bonds. The van der Waals surface area contributed by atoms with Crippen molar-refractivity contribution in [2.75, 3.05) is 19.8 Å². The molecule has 0 saturated carbocycles. The Bertz CT molecular complexity index is 1580. The number of aliphatic hydroxyl groups excluding tert-OH is 2. The molecule has 332 valence electrons. The van der Waals surface area contributed by atoms with E-state index in [4.69, 9.17) is 17.2 Å². The fourth-order valence-corrected chi connectivity index (χ4v) is 5.54. The number of aromatic hydroxyl groups is 1. The van der Waals surface area contributed by atoms with Crippen molar-refractivity contribution >= 4 is 47.3 Å². The van der Waals surface area contributed by atoms with E-state index in [-0.39, 0.29) is 56.2 Å². The van der Waals surface area contributed by atoms with Gasteiger partial charge in [-0.2, -0.15) is 0 Å². The second-order valence-electron chi connectivity index (χ2n) is 15.2. The number of primary amides is 1. The number of amides is 8. The van der Waals surface area contributed by atoms with E-state index in [1.54, 1.807) is 13.8 Å². The van der Waals surface area contributed by atoms with Gasteiger partial charge in [0.15, 0.2) is 0 Å². The van der Waals surface area contributed by atoms with Gasteiger partial charge in [-0.15, -0.1) is 0 Å². The molecule has 0 unspecified atom stereocenters. The molecular formula is C38H64N10O11. The van der Waals surface area contributed by atoms with Gasteiger partial charge in [0.05, 0.1) is 19.3 Å². The van der Waals surface area contributed by atoms with Gasteiger partial charge in [-0.3, -0.25) is 38.4 Å². The van der Waals surface area contributed by atoms with Crippen LogP contribution in [0.5, 0.6) is 5.75 Å². The van der Waals surface area contributed by atoms with Crippen LogP contribution in [0.15, 0.2) is 24.3 Å². The quantitative estimate of drug-likeness (QED) is 0.0424. The van der Waals surface area contributed by atoms with Crippen molar-refractivity contribution in [3.63, 3.8) is 0 Å². The van der Waals surface area contributed by atoms with Gasteiger partial charge >= 0.3 is 0 Å². The first-order chi connectivity index (χ1) is 27.6. The monoisotopic (exact) mass is 836 g/mol. The first-order valence-electron chi connectivity index (χ1n) is 19.5. The van der Waals surface area contributed by atoms with Crippen LogP contribution in [0.4, 0.5) is 0 Å². The van der Waals surface area contributed by atoms with Gasteiger partial charge in [0.1, 0.15) is 48.0 Å². The molecule has 8 atom stereocenters. The van der Waals surface area contributed by atoms with Gasteiger partial charge in [0.25, 0.3) is 0 Å². The van der Waals surface area contributed by atoms with Gasteiger partial charge < -0.3 is 69.7 Å². The number of aliphatic hydroxyl groups is 2. The fraction of sp³-hybridized carbons (Fsp3) is 0.632. The number of phenols is 1. The maximum atomic E-state index is 13.7. The predicted octanol–water partition coefficient (Wildman–Crippen LogP) is -4.00. The van der Waals surface area contributed by atoms with Crippen molar-refractivity contribution in [1.29, 1.82) is 0 Å². The Balaban J connectivity index is 3.19. The van der Waals surface area contributed by atoms with E-state index in [1.165, 1.54) is 38.1 Å². The summed E-state index contributed by atoms with van der Waals surface area (Å²) in [6.45, 7) is 8.38. The maximum absolute atomic E-state index is 13.7. The smallest absolute Gasteiger partial charge is 0.245 e. The number of nitrogens with two attached hydrogens (primary N) is 3. The van der Waals surface area contributed by atoms with E-state index in [9.17, 15) is 53.7 Å². The van der Waals surface area contributed by atoms with Crippen molar-refractivity contribution in [2.45, 2.75) is 122 Å². The lowest BCUT2D eigenvalue weighted by Gasteiger charge is -2.27. The number of hydrogen-bond acceptors (Lipinski definition) is 13. The molecule has 16 N–H and O–H groups in total. The number of rotatable bonds is 26. The standard InChI is InChI=1S/C38H64N10O11/c1-19(2)14-26(44-32(53)21(5)40)36(57)46-28(16-23-9-11-24(51)12-10-23)35(56)42-22(6)33(54)48-30(18-50)38(59)43-25(8-7-13-39)34(55)45-27(15-20(3)4)37(58)47-29(17-49)31(41)52/h9-12,19-22,25-30,49-51H,7-8,13-18,39-40H2,1-6H3,(H2,41,52)(H,42,56)(H,43,59)(H,44,53)(H,45,55)(H,46,57)(H,47,58)(H,48,54)/t21-,22-,25-,26-,27-,28-,29-,30-/m0/s1. The lowest BCUT2D eigenvalue weighted by atomic mass is 10.0. The molecule has 21 nitrogen and oxygen atoms in total. The SMILES string of the molecule is CC(C)C[C@H](NC(=O)[C@H](C)N)C(=O)N[C@@H](Cc1ccc(O)cc1)C(=O)N[C@@H](C)C(=O)N[C@@H](CO)C(=O)N[C@@H](CCCN)C(=O)N[C@@H](CC(C)C)C(=O)N[C@@H](CO)C(N)=O. The summed E-state index contributed by atoms with van der Waals surface area (Å²) in [6, 6.07) is -4.31. The zero-order chi connectivity index (χ0) is 45.0. The molecule has 0 aliphatic heterocycles. The molecule has 0 aromatic heterocycles. The Hall–Kier alpha value is -5.38. The Morgan fingerprint density at radius 1 is 0.559 bits per heavy atom. The molecule has 0 saturated heterocycles. The average molecular weight is 837 g/mol. The third-order valence-corrected chi connectivity index (χ3v) is 8.84. The number of hydrogen-bond donors (Lipinski definition) is 13. The summed E-state index contributed by atoms with van der Waals surface area (Å²) in [5, 5.41) is 46.5. The van der Waals surface area contributed by atoms with E-state index >= 15 is 0 Å². The first kappa shape index (κ1) is 51.6. The van der Waals surface area contributed by atoms with Crippen LogP contribution < -0.4 is 54.4 Å². The highest BCUT2D eigenvalue weighted by atomic mass is 16.3. The van der Waals surface area contributed by atoms with Crippen LogP contribution in [0.1, 0.15) is 72.8 Å². The van der Waals surface area contributed by atoms with Gasteiger partial charge in [-0.1, -0.05) is 39.8 Å². The van der Waals surface area contributed by atoms with Gasteiger partial charge in [0.2, 0.25) is 47.3 Å². The summed E-state index contributed by atoms with van der Waals surface area (Å²) in [5.41, 5.74) is 17.1. The van der Waals surface area contributed by atoms with E-state index < -0.39 is 109 Å². The van der Waals surface area contributed by atoms with Crippen molar-refractivity contribution in [3.8, 4) is 5.75 Å². The van der Waals surface area contributed by atoms with E-state index in [1.807, 2.05) is 13.8 Å². The second kappa shape index (κ2) is 25.9. The highest BCUT2D eigenvalue weighted by Crippen LogP contribution is 2.13. The molecule has 0 aliphatic rings. The van der Waals surface area contributed by atoms with E-state index in [2.05, 4.69) is 37.2 Å². The number of carbonyl (C=O) groups excluding carboxylic acids is 8. The summed E-state index contributed by atoms with van der Waals surface area (Å²) in [5.74, 6) is -6.83. The molecular weight excluding hydrogens is 772 g/mol. The van der Waals surface area contributed by atoms with Crippen molar-refractivity contribution in [2.24, 2.45) is 29.0 Å². The third kappa shape index (κ3) is 18.8. The Kier molecular flexibility index (Phi) is 22.6. The molecule has 59 heavy (non-hydrogen) atoms. The largest absolute Gasteiger partial charge is 0.508 e. The second-order valence-corrected chi connectivity index (χ2v) is 15.2. The summed E-state index contributed by atoms with van der Waals surface area (Å²) >= 11 is 0. The summed E-state index contributed by atoms with van der Waals surface area (Å²) < 4.78 is 0. The number of nitrogens with one attached hydrogen (secondary N) is 7. The summed E-state index contributed by atoms with van der Waals surface area (Å²) in [7, 11) is 0. The van der Waals surface area contributed by atoms with E-state index in [0.29, 0.717) is 5.56 Å². The fourth-order valence-electron chi connectivity index (χ4n) is 5.54. The normalized spacial score (nSPS) is 15.3. The highest BCUT2D eigenvalue weighted by molar-refractivity contribution is 5.97. The van der Waals surface area contributed by atoms with E-state index in [0.717, 1.165) is 0 Å². The number of phenolic OH excluding ortho intramolecular Hbond substituents is 1. The van der Waals surface area contributed by atoms with Crippen molar-refractivity contribution in [3.05, 3.63) is 29.8 Å². The van der Waals surface area contributed by atoms with Gasteiger partial charge in [-0.25, -0.2) is 0 Å². The molecule has 1 aromatic carbocycles. The van der Waals surface area contributed by atoms with Crippen LogP contribution >= 0.6 is 0 Å². The van der Waals surface area contributed by atoms with Crippen LogP contribution in [-0.2, 0) is 44.8 Å². The van der Waals surface area contributed by atoms with Gasteiger partial charge in [0, 0.05) is 6.42 Å². The zero-order valence-corrected chi connectivity index (χ0v) is 34.6. The van der Waals surface area contributed by atoms with Crippen LogP contribution in [0.3, 0.4) is 0 Å².